The normalized spacial score (nSPS) is 12.3. The molecule has 0 atom stereocenters. The number of hydrogen-bond donors (Lipinski definition) is 1. The summed E-state index contributed by atoms with van der Waals surface area (Å²) >= 11 is 10.9. The molecule has 0 spiro atoms. The van der Waals surface area contributed by atoms with Crippen LogP contribution in [0.2, 0.25) is 10.0 Å². The number of halogens is 6. The molecule has 0 heterocycles. The van der Waals surface area contributed by atoms with Gasteiger partial charge in [0.05, 0.1) is 20.5 Å². The first-order valence-corrected chi connectivity index (χ1v) is 8.09. The van der Waals surface area contributed by atoms with Crippen molar-refractivity contribution in [1.29, 1.82) is 0 Å². The predicted octanol–water partition coefficient (Wildman–Crippen LogP) is 4.95. The molecule has 0 aromatic heterocycles. The Labute approximate surface area is 138 Å². The molecule has 0 unspecified atom stereocenters. The molecular formula is C13H7Cl2F4NO2S. The molecule has 0 aliphatic heterocycles. The van der Waals surface area contributed by atoms with Gasteiger partial charge in [0.2, 0.25) is 0 Å². The van der Waals surface area contributed by atoms with Gasteiger partial charge in [0.25, 0.3) is 10.0 Å². The molecule has 0 bridgehead atoms. The molecule has 0 radical (unpaired) electrons. The highest BCUT2D eigenvalue weighted by Gasteiger charge is 2.33. The van der Waals surface area contributed by atoms with Crippen molar-refractivity contribution in [3.05, 3.63) is 57.8 Å². The second-order valence-corrected chi connectivity index (χ2v) is 6.87. The van der Waals surface area contributed by atoms with E-state index in [9.17, 15) is 26.0 Å². The lowest BCUT2D eigenvalue weighted by Gasteiger charge is -2.13. The van der Waals surface area contributed by atoms with E-state index < -0.39 is 42.5 Å². The van der Waals surface area contributed by atoms with Crippen LogP contribution in [0, 0.1) is 5.82 Å². The molecule has 10 heteroatoms. The zero-order valence-electron chi connectivity index (χ0n) is 11.0. The van der Waals surface area contributed by atoms with Crippen molar-refractivity contribution in [1.82, 2.24) is 0 Å². The summed E-state index contributed by atoms with van der Waals surface area (Å²) in [6.45, 7) is 0. The minimum atomic E-state index is -4.74. The number of anilines is 1. The first-order chi connectivity index (χ1) is 10.5. The Balaban J connectivity index is 2.39. The van der Waals surface area contributed by atoms with Crippen LogP contribution in [0.4, 0.5) is 23.2 Å². The second-order valence-electron chi connectivity index (χ2n) is 4.37. The van der Waals surface area contributed by atoms with Crippen LogP contribution in [0.5, 0.6) is 0 Å². The van der Waals surface area contributed by atoms with Crippen LogP contribution in [-0.2, 0) is 16.2 Å². The Bertz CT molecular complexity index is 854. The summed E-state index contributed by atoms with van der Waals surface area (Å²) in [5, 5.41) is -0.995. The third-order valence-corrected chi connectivity index (χ3v) is 4.72. The summed E-state index contributed by atoms with van der Waals surface area (Å²) in [6, 6.07) is 5.16. The lowest BCUT2D eigenvalue weighted by Crippen LogP contribution is -2.14. The highest BCUT2D eigenvalue weighted by molar-refractivity contribution is 7.92. The van der Waals surface area contributed by atoms with Crippen LogP contribution in [0.3, 0.4) is 0 Å². The fourth-order valence-electron chi connectivity index (χ4n) is 1.66. The molecule has 23 heavy (non-hydrogen) atoms. The molecule has 0 saturated carbocycles. The summed E-state index contributed by atoms with van der Waals surface area (Å²) in [5.41, 5.74) is -1.53. The average Bonchev–Trinajstić information content (AvgIpc) is 2.42. The maximum Gasteiger partial charge on any atom is 0.417 e. The number of sulfonamides is 1. The van der Waals surface area contributed by atoms with Gasteiger partial charge in [0, 0.05) is 5.69 Å². The first kappa shape index (κ1) is 17.8. The molecule has 0 aliphatic carbocycles. The van der Waals surface area contributed by atoms with Crippen molar-refractivity contribution in [3.8, 4) is 0 Å². The fourth-order valence-corrected chi connectivity index (χ4v) is 3.21. The molecule has 0 amide bonds. The van der Waals surface area contributed by atoms with E-state index in [1.807, 2.05) is 4.72 Å². The Morgan fingerprint density at radius 3 is 2.17 bits per heavy atom. The minimum absolute atomic E-state index is 0.345. The van der Waals surface area contributed by atoms with Crippen molar-refractivity contribution in [2.45, 2.75) is 11.1 Å². The summed E-state index contributed by atoms with van der Waals surface area (Å²) in [4.78, 5) is -0.396. The smallest absolute Gasteiger partial charge is 0.280 e. The molecule has 2 rings (SSSR count). The van der Waals surface area contributed by atoms with Crippen molar-refractivity contribution in [2.75, 3.05) is 4.72 Å². The summed E-state index contributed by atoms with van der Waals surface area (Å²) in [5.74, 6) is -0.823. The van der Waals surface area contributed by atoms with Gasteiger partial charge in [0.1, 0.15) is 5.82 Å². The molecule has 0 saturated heterocycles. The van der Waals surface area contributed by atoms with E-state index in [0.29, 0.717) is 6.07 Å². The monoisotopic (exact) mass is 387 g/mol. The van der Waals surface area contributed by atoms with Crippen LogP contribution in [0.15, 0.2) is 41.3 Å². The van der Waals surface area contributed by atoms with Gasteiger partial charge in [-0.1, -0.05) is 23.2 Å². The molecule has 124 valence electrons. The van der Waals surface area contributed by atoms with Gasteiger partial charge < -0.3 is 0 Å². The highest BCUT2D eigenvalue weighted by Crippen LogP contribution is 2.36. The molecule has 2 aromatic rings. The lowest BCUT2D eigenvalue weighted by atomic mass is 10.2. The van der Waals surface area contributed by atoms with Crippen LogP contribution >= 0.6 is 23.2 Å². The SMILES string of the molecule is O=S(=O)(Nc1ccc(Cl)c(C(F)(F)F)c1)c1ccc(F)c(Cl)c1. The van der Waals surface area contributed by atoms with Crippen molar-refractivity contribution < 1.29 is 26.0 Å². The lowest BCUT2D eigenvalue weighted by molar-refractivity contribution is -0.137. The molecule has 3 nitrogen and oxygen atoms in total. The Kier molecular flexibility index (Phi) is 4.79. The zero-order valence-corrected chi connectivity index (χ0v) is 13.3. The molecular weight excluding hydrogens is 381 g/mol. The van der Waals surface area contributed by atoms with Gasteiger partial charge >= 0.3 is 6.18 Å². The standard InChI is InChI=1S/C13H7Cl2F4NO2S/c14-10-3-1-7(5-9(10)13(17,18)19)20-23(21,22)8-2-4-12(16)11(15)6-8/h1-6,20H. The van der Waals surface area contributed by atoms with Gasteiger partial charge in [-0.15, -0.1) is 0 Å². The Morgan fingerprint density at radius 1 is 0.957 bits per heavy atom. The molecule has 1 N–H and O–H groups in total. The van der Waals surface area contributed by atoms with E-state index >= 15 is 0 Å². The van der Waals surface area contributed by atoms with E-state index in [-0.39, 0.29) is 5.69 Å². The number of rotatable bonds is 3. The van der Waals surface area contributed by atoms with Crippen LogP contribution in [0.25, 0.3) is 0 Å². The maximum absolute atomic E-state index is 13.1. The minimum Gasteiger partial charge on any atom is -0.280 e. The number of benzene rings is 2. The summed E-state index contributed by atoms with van der Waals surface area (Å²) in [7, 11) is -4.24. The topological polar surface area (TPSA) is 46.2 Å². The van der Waals surface area contributed by atoms with Crippen LogP contribution < -0.4 is 4.72 Å². The quantitative estimate of drug-likeness (QED) is 0.757. The van der Waals surface area contributed by atoms with Gasteiger partial charge in [-0.05, 0) is 36.4 Å². The predicted molar refractivity (Wildman–Crippen MR) is 78.7 cm³/mol. The van der Waals surface area contributed by atoms with Gasteiger partial charge in [-0.2, -0.15) is 13.2 Å². The van der Waals surface area contributed by atoms with Crippen molar-refractivity contribution >= 4 is 38.9 Å². The molecule has 0 fully saturated rings. The van der Waals surface area contributed by atoms with E-state index in [4.69, 9.17) is 23.2 Å². The summed E-state index contributed by atoms with van der Waals surface area (Å²) < 4.78 is 77.5. The van der Waals surface area contributed by atoms with Crippen molar-refractivity contribution in [2.24, 2.45) is 0 Å². The second kappa shape index (κ2) is 6.18. The largest absolute Gasteiger partial charge is 0.417 e. The van der Waals surface area contributed by atoms with E-state index in [1.165, 1.54) is 0 Å². The van der Waals surface area contributed by atoms with Gasteiger partial charge in [-0.25, -0.2) is 12.8 Å². The van der Waals surface area contributed by atoms with Gasteiger partial charge in [-0.3, -0.25) is 4.72 Å². The van der Waals surface area contributed by atoms with Gasteiger partial charge in [0.15, 0.2) is 0 Å². The van der Waals surface area contributed by atoms with E-state index in [0.717, 1.165) is 30.3 Å². The van der Waals surface area contributed by atoms with Crippen LogP contribution in [0.1, 0.15) is 5.56 Å². The van der Waals surface area contributed by atoms with Crippen molar-refractivity contribution in [3.63, 3.8) is 0 Å². The fraction of sp³-hybridized carbons (Fsp3) is 0.0769. The van der Waals surface area contributed by atoms with Crippen LogP contribution in [-0.4, -0.2) is 8.42 Å². The highest BCUT2D eigenvalue weighted by atomic mass is 35.5. The average molecular weight is 388 g/mol. The number of hydrogen-bond acceptors (Lipinski definition) is 2. The Hall–Kier alpha value is -1.51. The van der Waals surface area contributed by atoms with E-state index in [2.05, 4.69) is 0 Å². The summed E-state index contributed by atoms with van der Waals surface area (Å²) in [6.07, 6.45) is -4.74. The van der Waals surface area contributed by atoms with E-state index in [1.54, 1.807) is 0 Å². The maximum atomic E-state index is 13.1. The first-order valence-electron chi connectivity index (χ1n) is 5.85. The third kappa shape index (κ3) is 4.07. The molecule has 2 aromatic carbocycles. The number of nitrogens with one attached hydrogen (secondary N) is 1. The molecule has 0 aliphatic rings. The number of alkyl halides is 3. The zero-order chi connectivity index (χ0) is 17.4. The third-order valence-electron chi connectivity index (χ3n) is 2.73. The Morgan fingerprint density at radius 2 is 1.61 bits per heavy atom.